The molecule has 5 heteroatoms. The number of unbranched alkanes of at least 4 members (excludes halogenated alkanes) is 2. The maximum Gasteiger partial charge on any atom is 0.345 e. The molecule has 0 unspecified atom stereocenters. The van der Waals surface area contributed by atoms with Crippen LogP contribution in [0, 0.1) is 0 Å². The predicted molar refractivity (Wildman–Crippen MR) is 126 cm³/mol. The van der Waals surface area contributed by atoms with E-state index in [4.69, 9.17) is 9.84 Å². The molecule has 0 amide bonds. The van der Waals surface area contributed by atoms with E-state index in [1.165, 1.54) is 29.5 Å². The van der Waals surface area contributed by atoms with Crippen molar-refractivity contribution < 1.29 is 19.4 Å². The molecule has 0 spiro atoms. The number of carbonyl (C=O) groups is 2. The zero-order chi connectivity index (χ0) is 23.5. The molecule has 0 aliphatic heterocycles. The molecule has 0 bridgehead atoms. The Kier molecular flexibility index (Phi) is 6.87. The summed E-state index contributed by atoms with van der Waals surface area (Å²) in [5, 5.41) is 9.04. The highest BCUT2D eigenvalue weighted by Crippen LogP contribution is 2.46. The van der Waals surface area contributed by atoms with Crippen LogP contribution in [0.25, 0.3) is 6.08 Å². The van der Waals surface area contributed by atoms with Gasteiger partial charge in [-0.15, -0.1) is 0 Å². The monoisotopic (exact) mass is 435 g/mol. The fraction of sp³-hybridized carbons (Fsp3) is 0.444. The van der Waals surface area contributed by atoms with Crippen molar-refractivity contribution >= 4 is 18.0 Å². The molecule has 1 heterocycles. The maximum absolute atomic E-state index is 13.2. The second-order valence-electron chi connectivity index (χ2n) is 9.88. The minimum atomic E-state index is -1.07. The van der Waals surface area contributed by atoms with E-state index in [-0.39, 0.29) is 22.3 Å². The van der Waals surface area contributed by atoms with Gasteiger partial charge in [0.15, 0.2) is 0 Å². The van der Waals surface area contributed by atoms with Gasteiger partial charge in [-0.2, -0.15) is 0 Å². The zero-order valence-corrected chi connectivity index (χ0v) is 19.7. The second-order valence-corrected chi connectivity index (χ2v) is 9.88. The number of aromatic nitrogens is 1. The van der Waals surface area contributed by atoms with Crippen LogP contribution < -0.4 is 4.74 Å². The maximum atomic E-state index is 13.2. The molecule has 0 atom stereocenters. The molecular formula is C27H33NO4. The van der Waals surface area contributed by atoms with E-state index in [9.17, 15) is 9.59 Å². The lowest BCUT2D eigenvalue weighted by molar-refractivity contribution is 0.0696. The van der Waals surface area contributed by atoms with Crippen molar-refractivity contribution in [2.75, 3.05) is 0 Å². The number of hydrogen-bond donors (Lipinski definition) is 1. The Hall–Kier alpha value is -2.95. The van der Waals surface area contributed by atoms with Crippen LogP contribution >= 0.6 is 0 Å². The first-order valence-electron chi connectivity index (χ1n) is 11.3. The third kappa shape index (κ3) is 5.09. The van der Waals surface area contributed by atoms with Gasteiger partial charge < -0.3 is 9.84 Å². The molecule has 1 aromatic carbocycles. The van der Waals surface area contributed by atoms with Gasteiger partial charge in [0.2, 0.25) is 5.88 Å². The number of hydrogen-bond acceptors (Lipinski definition) is 4. The van der Waals surface area contributed by atoms with Crippen molar-refractivity contribution in [3.8, 4) is 5.88 Å². The molecule has 32 heavy (non-hydrogen) atoms. The number of carboxylic acid groups (broad SMARTS) is 1. The Balaban J connectivity index is 2.02. The van der Waals surface area contributed by atoms with Crippen molar-refractivity contribution in [2.45, 2.75) is 77.6 Å². The van der Waals surface area contributed by atoms with Gasteiger partial charge in [0.1, 0.15) is 0 Å². The molecule has 0 radical (unpaired) electrons. The van der Waals surface area contributed by atoms with Gasteiger partial charge in [0, 0.05) is 12.3 Å². The SMILES string of the molecule is CCCC/C=C\c1cc2c(cc1C(=O)Oc1ccc(C(=O)O)cn1)C(C)(C)CCC2(C)C. The van der Waals surface area contributed by atoms with Crippen molar-refractivity contribution in [3.05, 3.63) is 64.4 Å². The average molecular weight is 436 g/mol. The summed E-state index contributed by atoms with van der Waals surface area (Å²) < 4.78 is 5.54. The Morgan fingerprint density at radius 2 is 1.75 bits per heavy atom. The normalized spacial score (nSPS) is 16.5. The van der Waals surface area contributed by atoms with Gasteiger partial charge in [0.25, 0.3) is 0 Å². The molecule has 2 aromatic rings. The van der Waals surface area contributed by atoms with Crippen molar-refractivity contribution in [2.24, 2.45) is 0 Å². The van der Waals surface area contributed by atoms with Gasteiger partial charge in [-0.25, -0.2) is 14.6 Å². The van der Waals surface area contributed by atoms with Crippen LogP contribution in [0.3, 0.4) is 0 Å². The number of fused-ring (bicyclic) bond motifs is 1. The van der Waals surface area contributed by atoms with E-state index >= 15 is 0 Å². The topological polar surface area (TPSA) is 76.5 Å². The summed E-state index contributed by atoms with van der Waals surface area (Å²) in [7, 11) is 0. The first-order chi connectivity index (χ1) is 15.0. The van der Waals surface area contributed by atoms with Gasteiger partial charge in [-0.05, 0) is 58.9 Å². The molecule has 5 nitrogen and oxygen atoms in total. The number of allylic oxidation sites excluding steroid dienone is 1. The molecule has 1 aromatic heterocycles. The summed E-state index contributed by atoms with van der Waals surface area (Å²) in [6.07, 6.45) is 10.6. The second kappa shape index (κ2) is 9.27. The first-order valence-corrected chi connectivity index (χ1v) is 11.3. The fourth-order valence-electron chi connectivity index (χ4n) is 4.19. The zero-order valence-electron chi connectivity index (χ0n) is 19.7. The highest BCUT2D eigenvalue weighted by molar-refractivity contribution is 5.95. The van der Waals surface area contributed by atoms with Gasteiger partial charge >= 0.3 is 11.9 Å². The van der Waals surface area contributed by atoms with E-state index in [1.54, 1.807) is 0 Å². The van der Waals surface area contributed by atoms with Gasteiger partial charge in [-0.1, -0.05) is 65.7 Å². The van der Waals surface area contributed by atoms with Crippen LogP contribution in [0.15, 0.2) is 36.5 Å². The fourth-order valence-corrected chi connectivity index (χ4v) is 4.19. The summed E-state index contributed by atoms with van der Waals surface area (Å²) in [4.78, 5) is 28.2. The minimum absolute atomic E-state index is 0.0352. The van der Waals surface area contributed by atoms with Crippen LogP contribution in [0.1, 0.15) is 104 Å². The smallest absolute Gasteiger partial charge is 0.345 e. The average Bonchev–Trinajstić information content (AvgIpc) is 2.74. The predicted octanol–water partition coefficient (Wildman–Crippen LogP) is 6.55. The number of carboxylic acids is 1. The Bertz CT molecular complexity index is 1030. The molecule has 0 saturated heterocycles. The summed E-state index contributed by atoms with van der Waals surface area (Å²) >= 11 is 0. The number of benzene rings is 1. The van der Waals surface area contributed by atoms with Crippen molar-refractivity contribution in [1.29, 1.82) is 0 Å². The molecule has 1 aliphatic rings. The lowest BCUT2D eigenvalue weighted by atomic mass is 9.62. The largest absolute Gasteiger partial charge is 0.478 e. The highest BCUT2D eigenvalue weighted by Gasteiger charge is 2.38. The molecule has 0 fully saturated rings. The Morgan fingerprint density at radius 1 is 1.09 bits per heavy atom. The lowest BCUT2D eigenvalue weighted by Crippen LogP contribution is -2.34. The Labute approximate surface area is 190 Å². The number of esters is 1. The summed E-state index contributed by atoms with van der Waals surface area (Å²) in [6, 6.07) is 6.92. The van der Waals surface area contributed by atoms with Crippen molar-refractivity contribution in [3.63, 3.8) is 0 Å². The number of nitrogens with zero attached hydrogens (tertiary/aromatic N) is 1. The standard InChI is InChI=1S/C27H33NO4/c1-6-7-8-9-10-18-15-21-22(27(4,5)14-13-26(21,2)3)16-20(18)25(31)32-23-12-11-19(17-28-23)24(29)30/h9-12,15-17H,6-8,13-14H2,1-5H3,(H,29,30)/b10-9-. The van der Waals surface area contributed by atoms with E-state index in [1.807, 2.05) is 12.1 Å². The van der Waals surface area contributed by atoms with Crippen molar-refractivity contribution in [1.82, 2.24) is 4.98 Å². The van der Waals surface area contributed by atoms with E-state index in [0.29, 0.717) is 5.56 Å². The van der Waals surface area contributed by atoms with Crippen LogP contribution in [0.2, 0.25) is 0 Å². The number of carbonyl (C=O) groups excluding carboxylic acids is 1. The first kappa shape index (κ1) is 23.7. The molecule has 170 valence electrons. The van der Waals surface area contributed by atoms with E-state index < -0.39 is 11.9 Å². The Morgan fingerprint density at radius 3 is 2.31 bits per heavy atom. The molecule has 1 aliphatic carbocycles. The molecular weight excluding hydrogens is 402 g/mol. The number of ether oxygens (including phenoxy) is 1. The quantitative estimate of drug-likeness (QED) is 0.394. The molecule has 1 N–H and O–H groups in total. The summed E-state index contributed by atoms with van der Waals surface area (Å²) in [5.74, 6) is -1.48. The third-order valence-corrected chi connectivity index (χ3v) is 6.45. The van der Waals surface area contributed by atoms with E-state index in [0.717, 1.165) is 37.7 Å². The van der Waals surface area contributed by atoms with Gasteiger partial charge in [-0.3, -0.25) is 0 Å². The lowest BCUT2D eigenvalue weighted by Gasteiger charge is -2.42. The van der Waals surface area contributed by atoms with Crippen LogP contribution in [0.5, 0.6) is 5.88 Å². The highest BCUT2D eigenvalue weighted by atomic mass is 16.5. The van der Waals surface area contributed by atoms with Crippen LogP contribution in [0.4, 0.5) is 0 Å². The van der Waals surface area contributed by atoms with Crippen LogP contribution in [-0.4, -0.2) is 22.0 Å². The number of pyridine rings is 1. The minimum Gasteiger partial charge on any atom is -0.478 e. The number of aromatic carboxylic acids is 1. The summed E-state index contributed by atoms with van der Waals surface area (Å²) in [5.41, 5.74) is 3.86. The third-order valence-electron chi connectivity index (χ3n) is 6.45. The van der Waals surface area contributed by atoms with Gasteiger partial charge in [0.05, 0.1) is 11.1 Å². The van der Waals surface area contributed by atoms with E-state index in [2.05, 4.69) is 51.7 Å². The molecule has 0 saturated carbocycles. The molecule has 3 rings (SSSR count). The van der Waals surface area contributed by atoms with Crippen LogP contribution in [-0.2, 0) is 10.8 Å². The number of rotatable bonds is 7. The summed E-state index contributed by atoms with van der Waals surface area (Å²) in [6.45, 7) is 11.1.